The predicted molar refractivity (Wildman–Crippen MR) is 55.8 cm³/mol. The molecule has 0 aliphatic heterocycles. The summed E-state index contributed by atoms with van der Waals surface area (Å²) in [6, 6.07) is 0. The average Bonchev–Trinajstić information content (AvgIpc) is 2.56. The van der Waals surface area contributed by atoms with Crippen molar-refractivity contribution in [2.24, 2.45) is 0 Å². The maximum Gasteiger partial charge on any atom is 0.0794 e. The van der Waals surface area contributed by atoms with E-state index < -0.39 is 0 Å². The molecule has 1 saturated carbocycles. The maximum absolute atomic E-state index is 4.07. The minimum absolute atomic E-state index is 0.462. The monoisotopic (exact) mass is 196 g/mol. The fourth-order valence-corrected chi connectivity index (χ4v) is 2.40. The first-order valence-electron chi connectivity index (χ1n) is 4.97. The van der Waals surface area contributed by atoms with Crippen LogP contribution in [-0.4, -0.2) is 10.5 Å². The van der Waals surface area contributed by atoms with E-state index in [-0.39, 0.29) is 0 Å². The summed E-state index contributed by atoms with van der Waals surface area (Å²) in [5, 5.41) is 3.66. The zero-order valence-electron chi connectivity index (χ0n) is 8.05. The minimum atomic E-state index is 0.462. The summed E-state index contributed by atoms with van der Waals surface area (Å²) in [5.41, 5.74) is 2.36. The SMILES string of the molecule is CCC1(NCc2cncs2)CCC1. The van der Waals surface area contributed by atoms with Crippen molar-refractivity contribution in [3.63, 3.8) is 0 Å². The highest BCUT2D eigenvalue weighted by atomic mass is 32.1. The largest absolute Gasteiger partial charge is 0.306 e. The van der Waals surface area contributed by atoms with Crippen LogP contribution in [0.4, 0.5) is 0 Å². The van der Waals surface area contributed by atoms with Gasteiger partial charge in [0, 0.05) is 23.2 Å². The standard InChI is InChI=1S/C10H16N2S/c1-2-10(4-3-5-10)12-7-9-6-11-8-13-9/h6,8,12H,2-5,7H2,1H3. The Labute approximate surface area is 83.4 Å². The number of hydrogen-bond acceptors (Lipinski definition) is 3. The lowest BCUT2D eigenvalue weighted by Crippen LogP contribution is -2.49. The number of aromatic nitrogens is 1. The smallest absolute Gasteiger partial charge is 0.0794 e. The van der Waals surface area contributed by atoms with Crippen LogP contribution in [0.3, 0.4) is 0 Å². The number of rotatable bonds is 4. The van der Waals surface area contributed by atoms with Gasteiger partial charge >= 0.3 is 0 Å². The molecule has 1 N–H and O–H groups in total. The molecule has 1 aliphatic rings. The summed E-state index contributed by atoms with van der Waals surface area (Å²) in [6.45, 7) is 3.28. The first kappa shape index (κ1) is 9.16. The number of hydrogen-bond donors (Lipinski definition) is 1. The van der Waals surface area contributed by atoms with Gasteiger partial charge in [0.15, 0.2) is 0 Å². The topological polar surface area (TPSA) is 24.9 Å². The van der Waals surface area contributed by atoms with Gasteiger partial charge in [-0.15, -0.1) is 11.3 Å². The summed E-state index contributed by atoms with van der Waals surface area (Å²) in [4.78, 5) is 5.42. The first-order chi connectivity index (χ1) is 6.35. The Morgan fingerprint density at radius 2 is 2.46 bits per heavy atom. The first-order valence-corrected chi connectivity index (χ1v) is 5.85. The number of nitrogens with zero attached hydrogens (tertiary/aromatic N) is 1. The molecule has 2 rings (SSSR count). The summed E-state index contributed by atoms with van der Waals surface area (Å²) in [5.74, 6) is 0. The molecule has 3 heteroatoms. The lowest BCUT2D eigenvalue weighted by Gasteiger charge is -2.42. The van der Waals surface area contributed by atoms with Crippen molar-refractivity contribution in [1.29, 1.82) is 0 Å². The maximum atomic E-state index is 4.07. The third kappa shape index (κ3) is 1.92. The van der Waals surface area contributed by atoms with Crippen molar-refractivity contribution in [2.75, 3.05) is 0 Å². The highest BCUT2D eigenvalue weighted by Gasteiger charge is 2.34. The molecule has 0 aromatic carbocycles. The molecule has 0 amide bonds. The van der Waals surface area contributed by atoms with Crippen LogP contribution in [0.2, 0.25) is 0 Å². The molecule has 1 fully saturated rings. The van der Waals surface area contributed by atoms with E-state index in [0.29, 0.717) is 5.54 Å². The Kier molecular flexibility index (Phi) is 2.65. The quantitative estimate of drug-likeness (QED) is 0.800. The Balaban J connectivity index is 1.84. The van der Waals surface area contributed by atoms with Crippen molar-refractivity contribution >= 4 is 11.3 Å². The molecular formula is C10H16N2S. The summed E-state index contributed by atoms with van der Waals surface area (Å²) in [6.07, 6.45) is 7.31. The van der Waals surface area contributed by atoms with Crippen molar-refractivity contribution in [2.45, 2.75) is 44.7 Å². The van der Waals surface area contributed by atoms with Crippen LogP contribution in [0.15, 0.2) is 11.7 Å². The summed E-state index contributed by atoms with van der Waals surface area (Å²) >= 11 is 1.74. The molecule has 0 bridgehead atoms. The zero-order chi connectivity index (χ0) is 9.15. The third-order valence-electron chi connectivity index (χ3n) is 3.11. The second-order valence-electron chi connectivity index (χ2n) is 3.81. The van der Waals surface area contributed by atoms with Gasteiger partial charge in [-0.05, 0) is 25.7 Å². The molecule has 72 valence electrons. The highest BCUT2D eigenvalue weighted by molar-refractivity contribution is 7.09. The van der Waals surface area contributed by atoms with Gasteiger partial charge in [-0.1, -0.05) is 6.92 Å². The van der Waals surface area contributed by atoms with Gasteiger partial charge < -0.3 is 5.32 Å². The van der Waals surface area contributed by atoms with Gasteiger partial charge in [0.1, 0.15) is 0 Å². The van der Waals surface area contributed by atoms with Crippen molar-refractivity contribution in [3.05, 3.63) is 16.6 Å². The molecule has 0 saturated heterocycles. The van der Waals surface area contributed by atoms with Gasteiger partial charge in [-0.25, -0.2) is 0 Å². The van der Waals surface area contributed by atoms with Crippen molar-refractivity contribution in [1.82, 2.24) is 10.3 Å². The molecule has 1 heterocycles. The fraction of sp³-hybridized carbons (Fsp3) is 0.700. The predicted octanol–water partition coefficient (Wildman–Crippen LogP) is 2.57. The molecular weight excluding hydrogens is 180 g/mol. The van der Waals surface area contributed by atoms with E-state index in [1.165, 1.54) is 30.6 Å². The van der Waals surface area contributed by atoms with E-state index in [0.717, 1.165) is 6.54 Å². The van der Waals surface area contributed by atoms with Crippen LogP contribution in [0, 0.1) is 0 Å². The Morgan fingerprint density at radius 3 is 2.92 bits per heavy atom. The molecule has 0 atom stereocenters. The van der Waals surface area contributed by atoms with Gasteiger partial charge in [0.2, 0.25) is 0 Å². The van der Waals surface area contributed by atoms with E-state index in [2.05, 4.69) is 17.2 Å². The fourth-order valence-electron chi connectivity index (χ4n) is 1.86. The van der Waals surface area contributed by atoms with Crippen LogP contribution in [-0.2, 0) is 6.54 Å². The molecule has 0 radical (unpaired) electrons. The zero-order valence-corrected chi connectivity index (χ0v) is 8.86. The molecule has 1 aliphatic carbocycles. The molecule has 13 heavy (non-hydrogen) atoms. The van der Waals surface area contributed by atoms with E-state index in [1.807, 2.05) is 11.7 Å². The van der Waals surface area contributed by atoms with Gasteiger partial charge in [0.05, 0.1) is 5.51 Å². The van der Waals surface area contributed by atoms with Gasteiger partial charge in [-0.3, -0.25) is 4.98 Å². The van der Waals surface area contributed by atoms with Crippen molar-refractivity contribution in [3.8, 4) is 0 Å². The molecule has 1 aromatic rings. The van der Waals surface area contributed by atoms with Gasteiger partial charge in [-0.2, -0.15) is 0 Å². The van der Waals surface area contributed by atoms with Crippen LogP contribution in [0.5, 0.6) is 0 Å². The summed E-state index contributed by atoms with van der Waals surface area (Å²) < 4.78 is 0. The normalized spacial score (nSPS) is 19.8. The van der Waals surface area contributed by atoms with Crippen LogP contribution in [0.1, 0.15) is 37.5 Å². The van der Waals surface area contributed by atoms with E-state index in [1.54, 1.807) is 11.3 Å². The lowest BCUT2D eigenvalue weighted by molar-refractivity contribution is 0.176. The Hall–Kier alpha value is -0.410. The number of thiazole rings is 1. The van der Waals surface area contributed by atoms with Gasteiger partial charge in [0.25, 0.3) is 0 Å². The Morgan fingerprint density at radius 1 is 1.62 bits per heavy atom. The average molecular weight is 196 g/mol. The molecule has 1 aromatic heterocycles. The van der Waals surface area contributed by atoms with Crippen LogP contribution < -0.4 is 5.32 Å². The van der Waals surface area contributed by atoms with Crippen LogP contribution >= 0.6 is 11.3 Å². The van der Waals surface area contributed by atoms with Crippen molar-refractivity contribution < 1.29 is 0 Å². The number of nitrogens with one attached hydrogen (secondary N) is 1. The van der Waals surface area contributed by atoms with E-state index in [9.17, 15) is 0 Å². The third-order valence-corrected chi connectivity index (χ3v) is 3.89. The lowest BCUT2D eigenvalue weighted by atomic mass is 9.75. The Bertz CT molecular complexity index is 246. The second-order valence-corrected chi connectivity index (χ2v) is 4.78. The van der Waals surface area contributed by atoms with E-state index >= 15 is 0 Å². The highest BCUT2D eigenvalue weighted by Crippen LogP contribution is 2.34. The minimum Gasteiger partial charge on any atom is -0.306 e. The molecule has 0 spiro atoms. The summed E-state index contributed by atoms with van der Waals surface area (Å²) in [7, 11) is 0. The molecule has 0 unspecified atom stereocenters. The molecule has 2 nitrogen and oxygen atoms in total. The van der Waals surface area contributed by atoms with Crippen LogP contribution in [0.25, 0.3) is 0 Å². The second kappa shape index (κ2) is 3.76. The van der Waals surface area contributed by atoms with E-state index in [4.69, 9.17) is 0 Å².